The highest BCUT2D eigenvalue weighted by Crippen LogP contribution is 2.64. The van der Waals surface area contributed by atoms with Gasteiger partial charge in [0.15, 0.2) is 0 Å². The Labute approximate surface area is 187 Å². The van der Waals surface area contributed by atoms with E-state index >= 15 is 0 Å². The van der Waals surface area contributed by atoms with E-state index in [9.17, 15) is 20.1 Å². The van der Waals surface area contributed by atoms with Crippen molar-refractivity contribution in [3.8, 4) is 0 Å². The van der Waals surface area contributed by atoms with Crippen LogP contribution in [-0.2, 0) is 9.53 Å². The summed E-state index contributed by atoms with van der Waals surface area (Å²) in [6, 6.07) is 0. The predicted molar refractivity (Wildman–Crippen MR) is 119 cm³/mol. The molecule has 0 aromatic rings. The quantitative estimate of drug-likeness (QED) is 0.565. The Kier molecular flexibility index (Phi) is 6.11. The maximum atomic E-state index is 13.0. The van der Waals surface area contributed by atoms with Gasteiger partial charge in [0.05, 0.1) is 18.1 Å². The topological polar surface area (TPSA) is 87.0 Å². The van der Waals surface area contributed by atoms with E-state index in [0.717, 1.165) is 42.9 Å². The first-order chi connectivity index (χ1) is 14.5. The number of fused-ring (bicyclic) bond motifs is 4. The summed E-state index contributed by atoms with van der Waals surface area (Å²) < 4.78 is 6.01. The molecule has 2 saturated carbocycles. The molecule has 2 fully saturated rings. The summed E-state index contributed by atoms with van der Waals surface area (Å²) in [7, 11) is 0. The Hall–Kier alpha value is -0.910. The number of aliphatic hydroxyl groups is 3. The van der Waals surface area contributed by atoms with Gasteiger partial charge >= 0.3 is 5.97 Å². The van der Waals surface area contributed by atoms with E-state index in [1.807, 2.05) is 6.92 Å². The van der Waals surface area contributed by atoms with Crippen LogP contribution in [0.3, 0.4) is 0 Å². The van der Waals surface area contributed by atoms with E-state index in [4.69, 9.17) is 4.74 Å². The van der Waals surface area contributed by atoms with E-state index < -0.39 is 29.6 Å². The van der Waals surface area contributed by atoms with Crippen molar-refractivity contribution in [1.29, 1.82) is 0 Å². The van der Waals surface area contributed by atoms with Crippen LogP contribution in [0.1, 0.15) is 86.0 Å². The molecule has 4 rings (SSSR count). The van der Waals surface area contributed by atoms with E-state index in [2.05, 4.69) is 27.7 Å². The standard InChI is InChI=1S/C26H42O5/c1-14(2)7-6-8-15(3)16-9-10-17-22-18(11-12-25(16,17)4)26(5)19(24(30)31-22)13-20(27)21(28)23(26)29/h14-17,19-21,23,27-29H,6-13H2,1-5H3/t15-,16-,17+,19+,20+,21+,23+,25-,26-/m1/s1. The molecule has 3 N–H and O–H groups in total. The summed E-state index contributed by atoms with van der Waals surface area (Å²) in [5.41, 5.74) is 0.272. The minimum absolute atomic E-state index is 0.108. The van der Waals surface area contributed by atoms with Gasteiger partial charge in [-0.05, 0) is 60.8 Å². The first-order valence-electron chi connectivity index (χ1n) is 12.5. The first kappa shape index (κ1) is 23.3. The van der Waals surface area contributed by atoms with Gasteiger partial charge in [0.25, 0.3) is 0 Å². The minimum atomic E-state index is -1.23. The maximum Gasteiger partial charge on any atom is 0.315 e. The number of carbonyl (C=O) groups is 1. The number of esters is 1. The Morgan fingerprint density at radius 2 is 1.77 bits per heavy atom. The van der Waals surface area contributed by atoms with Crippen LogP contribution in [0.5, 0.6) is 0 Å². The summed E-state index contributed by atoms with van der Waals surface area (Å²) in [6.07, 6.45) is 4.44. The number of carbonyl (C=O) groups excluding carboxylic acids is 1. The lowest BCUT2D eigenvalue weighted by molar-refractivity contribution is -0.189. The normalized spacial score (nSPS) is 45.8. The number of aliphatic hydroxyl groups excluding tert-OH is 3. The number of ether oxygens (including phenoxy) is 1. The Bertz CT molecular complexity index is 744. The van der Waals surface area contributed by atoms with Gasteiger partial charge in [-0.2, -0.15) is 0 Å². The van der Waals surface area contributed by atoms with Crippen LogP contribution in [0.15, 0.2) is 11.3 Å². The van der Waals surface area contributed by atoms with Crippen molar-refractivity contribution in [1.82, 2.24) is 0 Å². The third-order valence-corrected chi connectivity index (χ3v) is 9.74. The Morgan fingerprint density at radius 3 is 2.45 bits per heavy atom. The second-order valence-electron chi connectivity index (χ2n) is 11.9. The molecule has 176 valence electrons. The molecule has 0 bridgehead atoms. The molecule has 0 amide bonds. The molecule has 4 aliphatic rings. The second kappa shape index (κ2) is 8.14. The molecule has 9 atom stereocenters. The molecule has 1 heterocycles. The SMILES string of the molecule is CC(C)CCC[C@@H](C)[C@H]1CC[C@H]2C3=C(CC[C@]12C)[C@]1(C)[C@@H](C[C@H](O)[C@H](O)[C@@H]1O)C(=O)O3. The number of hydrogen-bond acceptors (Lipinski definition) is 5. The van der Waals surface area contributed by atoms with Gasteiger partial charge in [-0.1, -0.05) is 53.9 Å². The molecule has 1 aliphatic heterocycles. The Morgan fingerprint density at radius 1 is 1.06 bits per heavy atom. The number of rotatable bonds is 5. The van der Waals surface area contributed by atoms with Crippen LogP contribution in [0.4, 0.5) is 0 Å². The largest absolute Gasteiger partial charge is 0.431 e. The van der Waals surface area contributed by atoms with Crippen LogP contribution < -0.4 is 0 Å². The van der Waals surface area contributed by atoms with Crippen LogP contribution >= 0.6 is 0 Å². The lowest BCUT2D eigenvalue weighted by Crippen LogP contribution is -2.61. The van der Waals surface area contributed by atoms with Crippen molar-refractivity contribution < 1.29 is 24.9 Å². The van der Waals surface area contributed by atoms with E-state index in [1.54, 1.807) is 0 Å². The molecule has 0 radical (unpaired) electrons. The van der Waals surface area contributed by atoms with Crippen molar-refractivity contribution in [3.63, 3.8) is 0 Å². The van der Waals surface area contributed by atoms with Crippen molar-refractivity contribution >= 4 is 5.97 Å². The van der Waals surface area contributed by atoms with E-state index in [1.165, 1.54) is 19.3 Å². The molecular formula is C26H42O5. The van der Waals surface area contributed by atoms with E-state index in [-0.39, 0.29) is 23.7 Å². The molecule has 31 heavy (non-hydrogen) atoms. The second-order valence-corrected chi connectivity index (χ2v) is 11.9. The van der Waals surface area contributed by atoms with Crippen LogP contribution in [0.2, 0.25) is 0 Å². The third-order valence-electron chi connectivity index (χ3n) is 9.74. The lowest BCUT2D eigenvalue weighted by atomic mass is 9.53. The lowest BCUT2D eigenvalue weighted by Gasteiger charge is -2.55. The van der Waals surface area contributed by atoms with Gasteiger partial charge in [-0.25, -0.2) is 0 Å². The third kappa shape index (κ3) is 3.50. The first-order valence-corrected chi connectivity index (χ1v) is 12.5. The smallest absolute Gasteiger partial charge is 0.315 e. The van der Waals surface area contributed by atoms with Crippen molar-refractivity contribution in [3.05, 3.63) is 11.3 Å². The molecule has 0 aromatic heterocycles. The average Bonchev–Trinajstić information content (AvgIpc) is 3.06. The molecule has 5 heteroatoms. The highest BCUT2D eigenvalue weighted by atomic mass is 16.5. The van der Waals surface area contributed by atoms with Crippen LogP contribution in [0.25, 0.3) is 0 Å². The molecule has 3 aliphatic carbocycles. The number of hydrogen-bond donors (Lipinski definition) is 3. The summed E-state index contributed by atoms with van der Waals surface area (Å²) in [5.74, 6) is 2.05. The molecular weight excluding hydrogens is 392 g/mol. The van der Waals surface area contributed by atoms with Gasteiger partial charge in [-0.15, -0.1) is 0 Å². The molecule has 0 aromatic carbocycles. The summed E-state index contributed by atoms with van der Waals surface area (Å²) in [6.45, 7) is 11.3. The van der Waals surface area contributed by atoms with Crippen molar-refractivity contribution in [2.75, 3.05) is 0 Å². The number of allylic oxidation sites excluding steroid dienone is 1. The fourth-order valence-electron chi connectivity index (χ4n) is 7.74. The fourth-order valence-corrected chi connectivity index (χ4v) is 7.74. The average molecular weight is 435 g/mol. The van der Waals surface area contributed by atoms with Crippen molar-refractivity contribution in [2.45, 2.75) is 104 Å². The van der Waals surface area contributed by atoms with Gasteiger partial charge in [0.2, 0.25) is 0 Å². The summed E-state index contributed by atoms with van der Waals surface area (Å²) in [5, 5.41) is 31.6. The van der Waals surface area contributed by atoms with Gasteiger partial charge in [0, 0.05) is 11.3 Å². The van der Waals surface area contributed by atoms with Gasteiger partial charge in [-0.3, -0.25) is 4.79 Å². The Balaban J connectivity index is 1.62. The zero-order valence-electron chi connectivity index (χ0n) is 19.9. The molecule has 5 nitrogen and oxygen atoms in total. The molecule has 0 unspecified atom stereocenters. The maximum absolute atomic E-state index is 13.0. The van der Waals surface area contributed by atoms with Crippen molar-refractivity contribution in [2.24, 2.45) is 40.4 Å². The predicted octanol–water partition coefficient (Wildman–Crippen LogP) is 4.19. The highest BCUT2D eigenvalue weighted by molar-refractivity contribution is 5.78. The van der Waals surface area contributed by atoms with Crippen LogP contribution in [-0.4, -0.2) is 39.6 Å². The zero-order valence-corrected chi connectivity index (χ0v) is 19.9. The van der Waals surface area contributed by atoms with Crippen LogP contribution in [0, 0.1) is 40.4 Å². The minimum Gasteiger partial charge on any atom is -0.431 e. The highest BCUT2D eigenvalue weighted by Gasteiger charge is 2.63. The zero-order chi connectivity index (χ0) is 22.7. The van der Waals surface area contributed by atoms with Gasteiger partial charge in [0.1, 0.15) is 11.9 Å². The van der Waals surface area contributed by atoms with Gasteiger partial charge < -0.3 is 20.1 Å². The fraction of sp³-hybridized carbons (Fsp3) is 0.885. The monoisotopic (exact) mass is 434 g/mol. The molecule has 0 saturated heterocycles. The summed E-state index contributed by atoms with van der Waals surface area (Å²) >= 11 is 0. The summed E-state index contributed by atoms with van der Waals surface area (Å²) in [4.78, 5) is 13.0. The molecule has 0 spiro atoms. The van der Waals surface area contributed by atoms with E-state index in [0.29, 0.717) is 11.8 Å².